The quantitative estimate of drug-likeness (QED) is 0.698. The van der Waals surface area contributed by atoms with E-state index < -0.39 is 5.66 Å². The fourth-order valence-electron chi connectivity index (χ4n) is 4.33. The first kappa shape index (κ1) is 20.7. The number of nitrogens with zero attached hydrogens (tertiary/aromatic N) is 1. The Kier molecular flexibility index (Phi) is 6.00. The van der Waals surface area contributed by atoms with E-state index in [1.54, 1.807) is 0 Å². The second kappa shape index (κ2) is 8.68. The molecule has 0 spiro atoms. The van der Waals surface area contributed by atoms with Gasteiger partial charge in [0.2, 0.25) is 0 Å². The number of para-hydroxylation sites is 2. The first-order chi connectivity index (χ1) is 14.5. The highest BCUT2D eigenvalue weighted by atomic mass is 16.5. The van der Waals surface area contributed by atoms with Crippen molar-refractivity contribution in [2.24, 2.45) is 5.92 Å². The van der Waals surface area contributed by atoms with Crippen LogP contribution in [-0.4, -0.2) is 36.7 Å². The maximum absolute atomic E-state index is 13.6. The van der Waals surface area contributed by atoms with Crippen LogP contribution in [0.25, 0.3) is 0 Å². The lowest BCUT2D eigenvalue weighted by Crippen LogP contribution is -2.57. The molecule has 0 aromatic heterocycles. The monoisotopic (exact) mass is 408 g/mol. The number of amides is 1. The highest BCUT2D eigenvalue weighted by molar-refractivity contribution is 6.02. The smallest absolute Gasteiger partial charge is 0.258 e. The van der Waals surface area contributed by atoms with Crippen LogP contribution < -0.4 is 10.1 Å². The molecule has 2 aromatic carbocycles. The van der Waals surface area contributed by atoms with Gasteiger partial charge in [-0.15, -0.1) is 0 Å². The van der Waals surface area contributed by atoms with Gasteiger partial charge >= 0.3 is 0 Å². The van der Waals surface area contributed by atoms with Crippen molar-refractivity contribution in [1.82, 2.24) is 4.90 Å². The summed E-state index contributed by atoms with van der Waals surface area (Å²) < 4.78 is 12.1. The summed E-state index contributed by atoms with van der Waals surface area (Å²) in [5.74, 6) is 1.42. The van der Waals surface area contributed by atoms with Crippen LogP contribution in [0, 0.1) is 5.92 Å². The first-order valence-corrected chi connectivity index (χ1v) is 11.0. The number of hydrogen-bond donors (Lipinski definition) is 1. The van der Waals surface area contributed by atoms with Gasteiger partial charge in [-0.25, -0.2) is 0 Å². The number of carbonyl (C=O) groups is 1. The molecule has 160 valence electrons. The Balaban J connectivity index is 1.72. The van der Waals surface area contributed by atoms with Crippen molar-refractivity contribution in [3.8, 4) is 5.75 Å². The Hall–Kier alpha value is -2.53. The maximum Gasteiger partial charge on any atom is 0.258 e. The maximum atomic E-state index is 13.6. The van der Waals surface area contributed by atoms with Crippen molar-refractivity contribution < 1.29 is 14.3 Å². The van der Waals surface area contributed by atoms with Gasteiger partial charge in [0.25, 0.3) is 5.91 Å². The molecular weight excluding hydrogens is 376 g/mol. The van der Waals surface area contributed by atoms with Gasteiger partial charge in [0.05, 0.1) is 18.3 Å². The Morgan fingerprint density at radius 1 is 1.20 bits per heavy atom. The summed E-state index contributed by atoms with van der Waals surface area (Å²) in [6, 6.07) is 15.8. The van der Waals surface area contributed by atoms with Crippen LogP contribution in [0.1, 0.15) is 56.0 Å². The molecule has 2 aromatic rings. The van der Waals surface area contributed by atoms with Crippen molar-refractivity contribution >= 4 is 11.6 Å². The summed E-state index contributed by atoms with van der Waals surface area (Å²) in [6.07, 6.45) is 3.07. The largest absolute Gasteiger partial charge is 0.493 e. The average molecular weight is 409 g/mol. The number of ether oxygens (including phenoxy) is 2. The summed E-state index contributed by atoms with van der Waals surface area (Å²) in [6.45, 7) is 8.43. The molecule has 5 heteroatoms. The Bertz CT molecular complexity index is 891. The lowest BCUT2D eigenvalue weighted by Gasteiger charge is -2.47. The zero-order valence-electron chi connectivity index (χ0n) is 18.2. The zero-order valence-corrected chi connectivity index (χ0v) is 18.2. The van der Waals surface area contributed by atoms with Gasteiger partial charge in [-0.05, 0) is 50.3 Å². The molecule has 1 fully saturated rings. The summed E-state index contributed by atoms with van der Waals surface area (Å²) in [4.78, 5) is 15.5. The molecule has 2 atom stereocenters. The number of rotatable bonds is 7. The van der Waals surface area contributed by atoms with Crippen molar-refractivity contribution in [2.45, 2.75) is 51.8 Å². The number of carbonyl (C=O) groups excluding carboxylic acids is 1. The molecular formula is C25H32N2O3. The minimum Gasteiger partial charge on any atom is -0.493 e. The number of benzene rings is 2. The van der Waals surface area contributed by atoms with E-state index in [2.05, 4.69) is 32.2 Å². The van der Waals surface area contributed by atoms with Crippen LogP contribution in [0.3, 0.4) is 0 Å². The van der Waals surface area contributed by atoms with Crippen molar-refractivity contribution in [1.29, 1.82) is 0 Å². The van der Waals surface area contributed by atoms with Gasteiger partial charge in [-0.2, -0.15) is 0 Å². The normalized spacial score (nSPS) is 23.4. The molecule has 1 saturated heterocycles. The number of hydrogen-bond acceptors (Lipinski definition) is 4. The standard InChI is InChI=1S/C25H32N2O3/c1-18(2)14-16-30-23-13-7-5-11-21(23)25(3)26-22-12-6-4-10-20(22)24(28)27(25)17-19-9-8-15-29-19/h4-7,10-13,18-19,26H,8-9,14-17H2,1-3H3. The zero-order chi connectivity index (χ0) is 21.1. The summed E-state index contributed by atoms with van der Waals surface area (Å²) >= 11 is 0. The molecule has 0 bridgehead atoms. The predicted octanol–water partition coefficient (Wildman–Crippen LogP) is 5.03. The van der Waals surface area contributed by atoms with E-state index in [-0.39, 0.29) is 12.0 Å². The molecule has 1 N–H and O–H groups in total. The molecule has 4 rings (SSSR count). The number of nitrogens with one attached hydrogen (secondary N) is 1. The van der Waals surface area contributed by atoms with Crippen LogP contribution in [0.15, 0.2) is 48.5 Å². The van der Waals surface area contributed by atoms with E-state index in [4.69, 9.17) is 9.47 Å². The van der Waals surface area contributed by atoms with Crippen molar-refractivity contribution in [3.63, 3.8) is 0 Å². The van der Waals surface area contributed by atoms with Crippen molar-refractivity contribution in [3.05, 3.63) is 59.7 Å². The fraction of sp³-hybridized carbons (Fsp3) is 0.480. The van der Waals surface area contributed by atoms with Gasteiger partial charge in [0, 0.05) is 24.4 Å². The highest BCUT2D eigenvalue weighted by Gasteiger charge is 2.45. The van der Waals surface area contributed by atoms with Crippen LogP contribution >= 0.6 is 0 Å². The van der Waals surface area contributed by atoms with Crippen LogP contribution in [0.4, 0.5) is 5.69 Å². The highest BCUT2D eigenvalue weighted by Crippen LogP contribution is 2.41. The molecule has 0 saturated carbocycles. The van der Waals surface area contributed by atoms with Gasteiger partial charge in [-0.3, -0.25) is 4.79 Å². The van der Waals surface area contributed by atoms with E-state index in [0.717, 1.165) is 42.9 Å². The van der Waals surface area contributed by atoms with Gasteiger partial charge in [0.1, 0.15) is 11.4 Å². The minimum absolute atomic E-state index is 0.0272. The molecule has 5 nitrogen and oxygen atoms in total. The molecule has 2 heterocycles. The second-order valence-corrected chi connectivity index (χ2v) is 8.82. The molecule has 2 unspecified atom stereocenters. The Morgan fingerprint density at radius 3 is 2.73 bits per heavy atom. The average Bonchev–Trinajstić information content (AvgIpc) is 3.25. The number of fused-ring (bicyclic) bond motifs is 1. The summed E-state index contributed by atoms with van der Waals surface area (Å²) in [5.41, 5.74) is 1.79. The van der Waals surface area contributed by atoms with Crippen LogP contribution in [-0.2, 0) is 10.4 Å². The fourth-order valence-corrected chi connectivity index (χ4v) is 4.33. The Morgan fingerprint density at radius 2 is 1.97 bits per heavy atom. The topological polar surface area (TPSA) is 50.8 Å². The van der Waals surface area contributed by atoms with Crippen LogP contribution in [0.2, 0.25) is 0 Å². The third-order valence-corrected chi connectivity index (χ3v) is 6.10. The SMILES string of the molecule is CC(C)CCOc1ccccc1C1(C)Nc2ccccc2C(=O)N1CC1CCCO1. The molecule has 0 aliphatic carbocycles. The van der Waals surface area contributed by atoms with E-state index >= 15 is 0 Å². The molecule has 30 heavy (non-hydrogen) atoms. The lowest BCUT2D eigenvalue weighted by atomic mass is 9.92. The van der Waals surface area contributed by atoms with Gasteiger partial charge in [-0.1, -0.05) is 44.2 Å². The van der Waals surface area contributed by atoms with Crippen molar-refractivity contribution in [2.75, 3.05) is 25.1 Å². The van der Waals surface area contributed by atoms with E-state index in [9.17, 15) is 4.79 Å². The van der Waals surface area contributed by atoms with Gasteiger partial charge < -0.3 is 19.7 Å². The number of anilines is 1. The third kappa shape index (κ3) is 4.04. The molecule has 2 aliphatic heterocycles. The third-order valence-electron chi connectivity index (χ3n) is 6.10. The molecule has 0 radical (unpaired) electrons. The van der Waals surface area contributed by atoms with E-state index in [1.807, 2.05) is 47.4 Å². The van der Waals surface area contributed by atoms with E-state index in [1.165, 1.54) is 0 Å². The van der Waals surface area contributed by atoms with Gasteiger partial charge in [0.15, 0.2) is 0 Å². The predicted molar refractivity (Wildman–Crippen MR) is 119 cm³/mol. The second-order valence-electron chi connectivity index (χ2n) is 8.82. The van der Waals surface area contributed by atoms with Crippen LogP contribution in [0.5, 0.6) is 5.75 Å². The minimum atomic E-state index is -0.730. The molecule has 2 aliphatic rings. The molecule has 1 amide bonds. The summed E-state index contributed by atoms with van der Waals surface area (Å²) in [7, 11) is 0. The first-order valence-electron chi connectivity index (χ1n) is 11.0. The Labute approximate surface area is 179 Å². The van der Waals surface area contributed by atoms with E-state index in [0.29, 0.717) is 24.6 Å². The lowest BCUT2D eigenvalue weighted by molar-refractivity contribution is 0.0236. The summed E-state index contributed by atoms with van der Waals surface area (Å²) in [5, 5.41) is 3.65.